The molecule has 2 amide bonds. The summed E-state index contributed by atoms with van der Waals surface area (Å²) < 4.78 is 0. The molecule has 22 heavy (non-hydrogen) atoms. The molecule has 0 radical (unpaired) electrons. The van der Waals surface area contributed by atoms with Crippen LogP contribution in [0.3, 0.4) is 0 Å². The molecule has 1 aromatic carbocycles. The highest BCUT2D eigenvalue weighted by atomic mass is 35.5. The van der Waals surface area contributed by atoms with Crippen LogP contribution in [0.5, 0.6) is 0 Å². The van der Waals surface area contributed by atoms with Gasteiger partial charge in [-0.25, -0.2) is 0 Å². The molecule has 1 aromatic rings. The van der Waals surface area contributed by atoms with E-state index in [0.29, 0.717) is 36.6 Å². The first kappa shape index (κ1) is 16.8. The summed E-state index contributed by atoms with van der Waals surface area (Å²) in [5, 5.41) is 12.5. The van der Waals surface area contributed by atoms with Crippen LogP contribution in [0.2, 0.25) is 5.02 Å². The number of piperidine rings is 1. The van der Waals surface area contributed by atoms with Crippen LogP contribution in [-0.4, -0.2) is 41.0 Å². The minimum absolute atomic E-state index is 0.193. The highest BCUT2D eigenvalue weighted by molar-refractivity contribution is 6.41. The third-order valence-corrected chi connectivity index (χ3v) is 4.39. The summed E-state index contributed by atoms with van der Waals surface area (Å²) in [4.78, 5) is 25.7. The molecule has 1 aliphatic heterocycles. The fourth-order valence-corrected chi connectivity index (χ4v) is 2.91. The molecule has 2 rings (SSSR count). The Labute approximate surface area is 135 Å². The van der Waals surface area contributed by atoms with Crippen molar-refractivity contribution in [2.45, 2.75) is 32.8 Å². The number of halogens is 1. The van der Waals surface area contributed by atoms with Gasteiger partial charge in [-0.1, -0.05) is 17.7 Å². The molecular formula is C16H21ClN2O3. The zero-order chi connectivity index (χ0) is 16.3. The van der Waals surface area contributed by atoms with Gasteiger partial charge in [0.15, 0.2) is 0 Å². The number of carbonyl (C=O) groups excluding carboxylic acids is 2. The van der Waals surface area contributed by atoms with Crippen molar-refractivity contribution in [3.63, 3.8) is 0 Å². The van der Waals surface area contributed by atoms with Crippen LogP contribution in [0.15, 0.2) is 18.2 Å². The first-order valence-electron chi connectivity index (χ1n) is 7.43. The smallest absolute Gasteiger partial charge is 0.313 e. The zero-order valence-corrected chi connectivity index (χ0v) is 13.6. The van der Waals surface area contributed by atoms with Crippen molar-refractivity contribution in [1.29, 1.82) is 0 Å². The van der Waals surface area contributed by atoms with Gasteiger partial charge in [-0.15, -0.1) is 0 Å². The molecule has 1 fully saturated rings. The van der Waals surface area contributed by atoms with Crippen molar-refractivity contribution >= 4 is 29.1 Å². The molecule has 1 aliphatic rings. The molecule has 0 saturated carbocycles. The van der Waals surface area contributed by atoms with Crippen molar-refractivity contribution in [1.82, 2.24) is 4.90 Å². The summed E-state index contributed by atoms with van der Waals surface area (Å²) >= 11 is 6.05. The average Bonchev–Trinajstić information content (AvgIpc) is 2.49. The van der Waals surface area contributed by atoms with E-state index >= 15 is 0 Å². The number of aryl methyl sites for hydroxylation is 1. The van der Waals surface area contributed by atoms with Gasteiger partial charge in [0.1, 0.15) is 0 Å². The molecule has 0 spiro atoms. The molecule has 2 N–H and O–H groups in total. The van der Waals surface area contributed by atoms with E-state index in [2.05, 4.69) is 5.32 Å². The van der Waals surface area contributed by atoms with Crippen molar-refractivity contribution in [3.8, 4) is 0 Å². The molecule has 0 bridgehead atoms. The molecule has 0 aliphatic carbocycles. The quantitative estimate of drug-likeness (QED) is 0.819. The van der Waals surface area contributed by atoms with Crippen molar-refractivity contribution < 1.29 is 14.7 Å². The van der Waals surface area contributed by atoms with Crippen LogP contribution in [0.25, 0.3) is 0 Å². The van der Waals surface area contributed by atoms with E-state index in [1.807, 2.05) is 13.0 Å². The highest BCUT2D eigenvalue weighted by Crippen LogP contribution is 2.24. The number of hydrogen-bond donors (Lipinski definition) is 2. The summed E-state index contributed by atoms with van der Waals surface area (Å²) in [7, 11) is 0. The van der Waals surface area contributed by atoms with E-state index in [9.17, 15) is 14.7 Å². The van der Waals surface area contributed by atoms with E-state index in [-0.39, 0.29) is 12.0 Å². The second kappa shape index (κ2) is 7.11. The second-order valence-electron chi connectivity index (χ2n) is 5.81. The number of amides is 2. The van der Waals surface area contributed by atoms with Crippen LogP contribution in [-0.2, 0) is 9.59 Å². The van der Waals surface area contributed by atoms with Gasteiger partial charge in [0.2, 0.25) is 0 Å². The van der Waals surface area contributed by atoms with Gasteiger partial charge in [-0.2, -0.15) is 0 Å². The minimum atomic E-state index is -0.679. The Morgan fingerprint density at radius 1 is 1.36 bits per heavy atom. The monoisotopic (exact) mass is 324 g/mol. The van der Waals surface area contributed by atoms with Crippen LogP contribution >= 0.6 is 11.6 Å². The summed E-state index contributed by atoms with van der Waals surface area (Å²) in [6, 6.07) is 5.23. The first-order valence-corrected chi connectivity index (χ1v) is 7.80. The zero-order valence-electron chi connectivity index (χ0n) is 12.8. The van der Waals surface area contributed by atoms with Gasteiger partial charge < -0.3 is 15.3 Å². The summed E-state index contributed by atoms with van der Waals surface area (Å²) in [5.41, 5.74) is 1.42. The Morgan fingerprint density at radius 2 is 2.00 bits per heavy atom. The normalized spacial score (nSPS) is 17.2. The molecule has 120 valence electrons. The number of hydrogen-bond acceptors (Lipinski definition) is 3. The lowest BCUT2D eigenvalue weighted by atomic mass is 9.92. The van der Waals surface area contributed by atoms with E-state index in [4.69, 9.17) is 11.6 Å². The minimum Gasteiger partial charge on any atom is -0.393 e. The maximum absolute atomic E-state index is 12.2. The van der Waals surface area contributed by atoms with Gasteiger partial charge in [0, 0.05) is 13.1 Å². The van der Waals surface area contributed by atoms with Crippen LogP contribution < -0.4 is 5.32 Å². The molecule has 1 unspecified atom stereocenters. The predicted octanol–water partition coefficient (Wildman–Crippen LogP) is 2.21. The molecule has 1 heterocycles. The number of benzene rings is 1. The number of likely N-dealkylation sites (tertiary alicyclic amines) is 1. The fraction of sp³-hybridized carbons (Fsp3) is 0.500. The Hall–Kier alpha value is -1.59. The van der Waals surface area contributed by atoms with Crippen molar-refractivity contribution in [2.75, 3.05) is 18.4 Å². The van der Waals surface area contributed by atoms with Gasteiger partial charge in [0.25, 0.3) is 0 Å². The molecule has 0 aromatic heterocycles. The van der Waals surface area contributed by atoms with Crippen LogP contribution in [0.1, 0.15) is 25.3 Å². The molecule has 6 heteroatoms. The van der Waals surface area contributed by atoms with Crippen LogP contribution in [0.4, 0.5) is 5.69 Å². The fourth-order valence-electron chi connectivity index (χ4n) is 2.63. The average molecular weight is 325 g/mol. The predicted molar refractivity (Wildman–Crippen MR) is 85.8 cm³/mol. The first-order chi connectivity index (χ1) is 10.4. The standard InChI is InChI=1S/C16H21ClN2O3/c1-10-3-4-14(13(17)9-10)18-15(21)16(22)19-7-5-12(6-8-19)11(2)20/h3-4,9,11-12,20H,5-8H2,1-2H3,(H,18,21). The number of nitrogens with zero attached hydrogens (tertiary/aromatic N) is 1. The number of anilines is 1. The number of carbonyl (C=O) groups is 2. The van der Waals surface area contributed by atoms with E-state index in [1.54, 1.807) is 19.1 Å². The third kappa shape index (κ3) is 3.99. The Kier molecular flexibility index (Phi) is 5.42. The third-order valence-electron chi connectivity index (χ3n) is 4.08. The lowest BCUT2D eigenvalue weighted by Crippen LogP contribution is -2.45. The van der Waals surface area contributed by atoms with E-state index < -0.39 is 11.8 Å². The summed E-state index contributed by atoms with van der Waals surface area (Å²) in [6.07, 6.45) is 1.04. The van der Waals surface area contributed by atoms with E-state index in [0.717, 1.165) is 5.56 Å². The Morgan fingerprint density at radius 3 is 2.55 bits per heavy atom. The van der Waals surface area contributed by atoms with Crippen LogP contribution in [0, 0.1) is 12.8 Å². The Bertz CT molecular complexity index is 567. The van der Waals surface area contributed by atoms with E-state index in [1.165, 1.54) is 4.90 Å². The molecular weight excluding hydrogens is 304 g/mol. The lowest BCUT2D eigenvalue weighted by Gasteiger charge is -2.32. The summed E-state index contributed by atoms with van der Waals surface area (Å²) in [5.74, 6) is -1.04. The topological polar surface area (TPSA) is 69.6 Å². The molecule has 1 saturated heterocycles. The Balaban J connectivity index is 1.94. The number of rotatable bonds is 2. The largest absolute Gasteiger partial charge is 0.393 e. The maximum Gasteiger partial charge on any atom is 0.313 e. The van der Waals surface area contributed by atoms with Gasteiger partial charge in [0.05, 0.1) is 16.8 Å². The SMILES string of the molecule is Cc1ccc(NC(=O)C(=O)N2CCC(C(C)O)CC2)c(Cl)c1. The maximum atomic E-state index is 12.2. The number of aliphatic hydroxyl groups is 1. The van der Waals surface area contributed by atoms with Crippen molar-refractivity contribution in [3.05, 3.63) is 28.8 Å². The van der Waals surface area contributed by atoms with Gasteiger partial charge in [-0.3, -0.25) is 9.59 Å². The molecule has 1 atom stereocenters. The van der Waals surface area contributed by atoms with Crippen molar-refractivity contribution in [2.24, 2.45) is 5.92 Å². The molecule has 5 nitrogen and oxygen atoms in total. The summed E-state index contributed by atoms with van der Waals surface area (Å²) in [6.45, 7) is 4.64. The highest BCUT2D eigenvalue weighted by Gasteiger charge is 2.28. The van der Waals surface area contributed by atoms with Gasteiger partial charge in [-0.05, 0) is 50.3 Å². The lowest BCUT2D eigenvalue weighted by molar-refractivity contribution is -0.144. The second-order valence-corrected chi connectivity index (χ2v) is 6.21. The number of nitrogens with one attached hydrogen (secondary N) is 1. The number of aliphatic hydroxyl groups excluding tert-OH is 1. The van der Waals surface area contributed by atoms with Gasteiger partial charge >= 0.3 is 11.8 Å².